The molecule has 0 aromatic heterocycles. The molecule has 0 saturated carbocycles. The van der Waals surface area contributed by atoms with Crippen molar-refractivity contribution in [3.05, 3.63) is 65.7 Å². The molecule has 0 amide bonds. The summed E-state index contributed by atoms with van der Waals surface area (Å²) >= 11 is 1.47. The number of ether oxygens (including phenoxy) is 2. The number of thioether (sulfide) groups is 1. The number of ketones is 1. The summed E-state index contributed by atoms with van der Waals surface area (Å²) in [6.07, 6.45) is 0.382. The number of methoxy groups -OCH3 is 1. The monoisotopic (exact) mass is 470 g/mol. The molecular formula is C26H34N2O4S. The maximum atomic E-state index is 13.4. The quantitative estimate of drug-likeness (QED) is 0.252. The van der Waals surface area contributed by atoms with Gasteiger partial charge in [-0.05, 0) is 51.0 Å². The Morgan fingerprint density at radius 3 is 2.30 bits per heavy atom. The lowest BCUT2D eigenvalue weighted by Gasteiger charge is -2.29. The van der Waals surface area contributed by atoms with Gasteiger partial charge in [-0.1, -0.05) is 42.5 Å². The summed E-state index contributed by atoms with van der Waals surface area (Å²) < 4.78 is 9.57. The van der Waals surface area contributed by atoms with E-state index in [2.05, 4.69) is 5.32 Å². The largest absolute Gasteiger partial charge is 0.497 e. The third-order valence-electron chi connectivity index (χ3n) is 5.22. The van der Waals surface area contributed by atoms with Gasteiger partial charge in [-0.2, -0.15) is 0 Å². The van der Waals surface area contributed by atoms with Crippen LogP contribution in [0.4, 0.5) is 0 Å². The lowest BCUT2D eigenvalue weighted by molar-refractivity contribution is -0.149. The Kier molecular flexibility index (Phi) is 10.1. The zero-order valence-corrected chi connectivity index (χ0v) is 20.8. The number of esters is 1. The normalized spacial score (nSPS) is 13.1. The van der Waals surface area contributed by atoms with Crippen molar-refractivity contribution < 1.29 is 19.1 Å². The molecule has 0 heterocycles. The molecular weight excluding hydrogens is 436 g/mol. The number of carbonyl (C=O) groups is 2. The smallest absolute Gasteiger partial charge is 0.330 e. The summed E-state index contributed by atoms with van der Waals surface area (Å²) in [5.74, 6) is 0.573. The predicted molar refractivity (Wildman–Crippen MR) is 134 cm³/mol. The van der Waals surface area contributed by atoms with Crippen molar-refractivity contribution in [2.24, 2.45) is 0 Å². The second kappa shape index (κ2) is 12.6. The van der Waals surface area contributed by atoms with Gasteiger partial charge in [0.15, 0.2) is 11.8 Å². The van der Waals surface area contributed by atoms with Gasteiger partial charge in [-0.25, -0.2) is 4.79 Å². The van der Waals surface area contributed by atoms with Crippen LogP contribution in [-0.2, 0) is 20.1 Å². The van der Waals surface area contributed by atoms with Crippen LogP contribution >= 0.6 is 11.8 Å². The molecule has 2 aromatic rings. The molecule has 0 radical (unpaired) electrons. The zero-order valence-electron chi connectivity index (χ0n) is 20.0. The van der Waals surface area contributed by atoms with E-state index in [0.717, 1.165) is 16.9 Å². The van der Waals surface area contributed by atoms with Crippen molar-refractivity contribution >= 4 is 29.2 Å². The molecule has 33 heavy (non-hydrogen) atoms. The molecule has 2 N–H and O–H groups in total. The molecule has 0 aliphatic heterocycles. The van der Waals surface area contributed by atoms with Crippen molar-refractivity contribution in [3.63, 3.8) is 0 Å². The Hall–Kier alpha value is -2.64. The zero-order chi connectivity index (χ0) is 24.4. The highest BCUT2D eigenvalue weighted by molar-refractivity contribution is 8.00. The van der Waals surface area contributed by atoms with Crippen LogP contribution in [0, 0.1) is 5.41 Å². The fraction of sp³-hybridized carbons (Fsp3) is 0.423. The Labute approximate surface area is 201 Å². The van der Waals surface area contributed by atoms with Crippen LogP contribution in [0.2, 0.25) is 0 Å². The molecule has 0 aliphatic rings. The van der Waals surface area contributed by atoms with E-state index in [9.17, 15) is 9.59 Å². The maximum absolute atomic E-state index is 13.4. The number of benzene rings is 2. The van der Waals surface area contributed by atoms with Gasteiger partial charge < -0.3 is 14.9 Å². The predicted octanol–water partition coefficient (Wildman–Crippen LogP) is 4.64. The number of carbonyl (C=O) groups excluding carboxylic acids is 2. The minimum Gasteiger partial charge on any atom is -0.497 e. The first-order valence-corrected chi connectivity index (χ1v) is 12.0. The van der Waals surface area contributed by atoms with Gasteiger partial charge in [0.25, 0.3) is 0 Å². The number of Topliss-reactive ketones (excluding diaryl/α,β-unsaturated/α-hetero) is 1. The molecule has 2 atom stereocenters. The van der Waals surface area contributed by atoms with E-state index in [1.165, 1.54) is 11.8 Å². The van der Waals surface area contributed by atoms with E-state index in [4.69, 9.17) is 14.9 Å². The molecule has 0 bridgehead atoms. The average molecular weight is 471 g/mol. The summed E-state index contributed by atoms with van der Waals surface area (Å²) in [4.78, 5) is 26.1. The lowest BCUT2D eigenvalue weighted by atomic mass is 9.98. The molecule has 2 rings (SSSR count). The summed E-state index contributed by atoms with van der Waals surface area (Å²) in [5, 5.41) is 11.5. The summed E-state index contributed by atoms with van der Waals surface area (Å²) in [6, 6.07) is 15.8. The molecule has 0 aliphatic carbocycles. The summed E-state index contributed by atoms with van der Waals surface area (Å²) in [5.41, 5.74) is 2.33. The van der Waals surface area contributed by atoms with Crippen molar-refractivity contribution in [1.82, 2.24) is 5.32 Å². The van der Waals surface area contributed by atoms with E-state index in [1.807, 2.05) is 75.4 Å². The van der Waals surface area contributed by atoms with Crippen LogP contribution < -0.4 is 10.1 Å². The van der Waals surface area contributed by atoms with Crippen molar-refractivity contribution in [1.29, 1.82) is 5.41 Å². The second-order valence-electron chi connectivity index (χ2n) is 8.31. The van der Waals surface area contributed by atoms with Gasteiger partial charge in [-0.3, -0.25) is 10.1 Å². The third-order valence-corrected chi connectivity index (χ3v) is 6.62. The van der Waals surface area contributed by atoms with E-state index < -0.39 is 16.8 Å². The topological polar surface area (TPSA) is 88.5 Å². The molecule has 2 unspecified atom stereocenters. The first-order chi connectivity index (χ1) is 15.7. The average Bonchev–Trinajstić information content (AvgIpc) is 2.81. The van der Waals surface area contributed by atoms with Gasteiger partial charge in [0, 0.05) is 23.9 Å². The molecule has 2 aromatic carbocycles. The Morgan fingerprint density at radius 1 is 1.09 bits per heavy atom. The standard InChI is InChI=1S/C26H34N2O4S/c1-6-32-25(30)23(28-18(2)16-22(27)20-10-8-7-9-11-20)24(29)26(3,4)33-17-19-12-14-21(31-5)15-13-19/h7-15,18,23,27-28H,6,16-17H2,1-5H3. The highest BCUT2D eigenvalue weighted by Gasteiger charge is 2.39. The molecule has 178 valence electrons. The van der Waals surface area contributed by atoms with Crippen LogP contribution in [0.5, 0.6) is 5.75 Å². The van der Waals surface area contributed by atoms with Gasteiger partial charge in [-0.15, -0.1) is 11.8 Å². The van der Waals surface area contributed by atoms with Crippen LogP contribution in [0.15, 0.2) is 54.6 Å². The van der Waals surface area contributed by atoms with Gasteiger partial charge in [0.2, 0.25) is 0 Å². The van der Waals surface area contributed by atoms with E-state index in [0.29, 0.717) is 17.9 Å². The van der Waals surface area contributed by atoms with Gasteiger partial charge >= 0.3 is 5.97 Å². The molecule has 0 saturated heterocycles. The second-order valence-corrected chi connectivity index (χ2v) is 9.91. The Balaban J connectivity index is 2.07. The van der Waals surface area contributed by atoms with E-state index in [1.54, 1.807) is 14.0 Å². The minimum absolute atomic E-state index is 0.192. The van der Waals surface area contributed by atoms with E-state index >= 15 is 0 Å². The SMILES string of the molecule is CCOC(=O)C(NC(C)CC(=N)c1ccccc1)C(=O)C(C)(C)SCc1ccc(OC)cc1. The molecule has 6 nitrogen and oxygen atoms in total. The number of nitrogens with one attached hydrogen (secondary N) is 2. The van der Waals surface area contributed by atoms with Crippen LogP contribution in [0.3, 0.4) is 0 Å². The third kappa shape index (κ3) is 8.02. The minimum atomic E-state index is -1.10. The maximum Gasteiger partial charge on any atom is 0.330 e. The fourth-order valence-electron chi connectivity index (χ4n) is 3.29. The van der Waals surface area contributed by atoms with Crippen molar-refractivity contribution in [2.45, 2.75) is 56.7 Å². The number of rotatable bonds is 13. The van der Waals surface area contributed by atoms with Gasteiger partial charge in [0.05, 0.1) is 18.5 Å². The van der Waals surface area contributed by atoms with E-state index in [-0.39, 0.29) is 18.4 Å². The Bertz CT molecular complexity index is 929. The number of hydrogen-bond acceptors (Lipinski definition) is 7. The highest BCUT2D eigenvalue weighted by atomic mass is 32.2. The Morgan fingerprint density at radius 2 is 1.73 bits per heavy atom. The molecule has 0 spiro atoms. The fourth-order valence-corrected chi connectivity index (χ4v) is 4.27. The van der Waals surface area contributed by atoms with Crippen LogP contribution in [-0.4, -0.2) is 48.0 Å². The van der Waals surface area contributed by atoms with Crippen molar-refractivity contribution in [2.75, 3.05) is 13.7 Å². The molecule has 0 fully saturated rings. The highest BCUT2D eigenvalue weighted by Crippen LogP contribution is 2.31. The van der Waals surface area contributed by atoms with Crippen molar-refractivity contribution in [3.8, 4) is 5.75 Å². The first kappa shape index (κ1) is 26.6. The number of hydrogen-bond donors (Lipinski definition) is 2. The summed E-state index contributed by atoms with van der Waals surface area (Å²) in [6.45, 7) is 7.44. The van der Waals surface area contributed by atoms with Crippen LogP contribution in [0.25, 0.3) is 0 Å². The van der Waals surface area contributed by atoms with Gasteiger partial charge in [0.1, 0.15) is 5.75 Å². The van der Waals surface area contributed by atoms with Crippen LogP contribution in [0.1, 0.15) is 45.2 Å². The lowest BCUT2D eigenvalue weighted by Crippen LogP contribution is -2.54. The summed E-state index contributed by atoms with van der Waals surface area (Å²) in [7, 11) is 1.62. The first-order valence-electron chi connectivity index (χ1n) is 11.0. The molecule has 7 heteroatoms.